The van der Waals surface area contributed by atoms with Crippen molar-refractivity contribution in [2.75, 3.05) is 0 Å². The number of quaternary nitrogens is 1. The van der Waals surface area contributed by atoms with Crippen LogP contribution in [0.3, 0.4) is 0 Å². The summed E-state index contributed by atoms with van der Waals surface area (Å²) in [5.41, 5.74) is 3.30. The Bertz CT molecular complexity index is 297. The molecule has 0 amide bonds. The van der Waals surface area contributed by atoms with Gasteiger partial charge in [-0.3, -0.25) is 0 Å². The van der Waals surface area contributed by atoms with Crippen LogP contribution in [0.15, 0.2) is 23.3 Å². The van der Waals surface area contributed by atoms with Gasteiger partial charge in [-0.05, 0) is 53.4 Å². The maximum atomic E-state index is 4.08. The van der Waals surface area contributed by atoms with E-state index in [0.717, 1.165) is 5.92 Å². The van der Waals surface area contributed by atoms with Gasteiger partial charge in [0.1, 0.15) is 0 Å². The van der Waals surface area contributed by atoms with Crippen molar-refractivity contribution in [3.63, 3.8) is 0 Å². The van der Waals surface area contributed by atoms with E-state index in [0.29, 0.717) is 5.54 Å². The summed E-state index contributed by atoms with van der Waals surface area (Å²) in [6, 6.07) is 0. The molecule has 0 saturated carbocycles. The third-order valence-corrected chi connectivity index (χ3v) is 4.27. The van der Waals surface area contributed by atoms with Crippen LogP contribution in [0, 0.1) is 13.0 Å². The first-order valence-corrected chi connectivity index (χ1v) is 6.90. The monoisotopic (exact) mass is 235 g/mol. The number of hydrogen-bond donors (Lipinski definition) is 1. The molecule has 0 spiro atoms. The maximum absolute atomic E-state index is 4.08. The molecule has 0 aliphatic heterocycles. The summed E-state index contributed by atoms with van der Waals surface area (Å²) in [5, 5.41) is 2.20. The smallest absolute Gasteiger partial charge is 0.0729 e. The summed E-state index contributed by atoms with van der Waals surface area (Å²) in [4.78, 5) is 0. The van der Waals surface area contributed by atoms with Gasteiger partial charge in [-0.1, -0.05) is 23.3 Å². The molecule has 0 aromatic carbocycles. The molecule has 0 fully saturated rings. The van der Waals surface area contributed by atoms with E-state index in [4.69, 9.17) is 0 Å². The normalized spacial score (nSPS) is 23.8. The molecule has 1 heteroatoms. The Balaban J connectivity index is 2.58. The van der Waals surface area contributed by atoms with Gasteiger partial charge in [0.05, 0.1) is 5.54 Å². The highest BCUT2D eigenvalue weighted by Crippen LogP contribution is 2.32. The lowest BCUT2D eigenvalue weighted by Gasteiger charge is -2.38. The lowest BCUT2D eigenvalue weighted by molar-refractivity contribution is -0.682. The second-order valence-electron chi connectivity index (χ2n) is 6.05. The Labute approximate surface area is 107 Å². The minimum Gasteiger partial charge on any atom is -0.474 e. The Kier molecular flexibility index (Phi) is 5.45. The van der Waals surface area contributed by atoms with Crippen LogP contribution >= 0.6 is 0 Å². The summed E-state index contributed by atoms with van der Waals surface area (Å²) < 4.78 is 0. The van der Waals surface area contributed by atoms with Crippen molar-refractivity contribution in [2.45, 2.75) is 65.3 Å². The molecule has 0 radical (unpaired) electrons. The Morgan fingerprint density at radius 2 is 2.29 bits per heavy atom. The van der Waals surface area contributed by atoms with Crippen molar-refractivity contribution in [3.8, 4) is 0 Å². The molecule has 1 rings (SSSR count). The average molecular weight is 235 g/mol. The van der Waals surface area contributed by atoms with Crippen LogP contribution in [-0.4, -0.2) is 5.54 Å². The van der Waals surface area contributed by atoms with Crippen molar-refractivity contribution < 1.29 is 5.32 Å². The molecule has 1 aliphatic carbocycles. The lowest BCUT2D eigenvalue weighted by atomic mass is 9.74. The zero-order chi connectivity index (χ0) is 12.9. The second-order valence-corrected chi connectivity index (χ2v) is 6.05. The minimum atomic E-state index is 0.309. The molecule has 2 atom stereocenters. The van der Waals surface area contributed by atoms with Gasteiger partial charge in [0, 0.05) is 12.3 Å². The van der Waals surface area contributed by atoms with E-state index in [1.165, 1.54) is 37.7 Å². The molecule has 0 aromatic rings. The maximum Gasteiger partial charge on any atom is 0.0729 e. The largest absolute Gasteiger partial charge is 0.474 e. The SMILES string of the molecule is [CH2-][NH2+]C(C)(CCC=C(C)C)C1CC=C(C)CC1. The molecule has 0 aromatic heterocycles. The third-order valence-electron chi connectivity index (χ3n) is 4.27. The molecule has 98 valence electrons. The molecule has 2 unspecified atom stereocenters. The van der Waals surface area contributed by atoms with E-state index in [2.05, 4.69) is 52.2 Å². The van der Waals surface area contributed by atoms with Crippen LogP contribution in [0.4, 0.5) is 0 Å². The number of nitrogens with two attached hydrogens (primary N) is 1. The molecule has 0 bridgehead atoms. The quantitative estimate of drug-likeness (QED) is 0.554. The standard InChI is InChI=1S/C16H29N/c1-13(2)7-6-12-16(4,17-5)15-10-8-14(3)9-11-15/h7-8,15H,5-6,9-12,17H2,1-4H3. The van der Waals surface area contributed by atoms with Crippen LogP contribution in [0.5, 0.6) is 0 Å². The van der Waals surface area contributed by atoms with Crippen LogP contribution in [-0.2, 0) is 0 Å². The second kappa shape index (κ2) is 6.39. The van der Waals surface area contributed by atoms with Crippen molar-refractivity contribution in [1.29, 1.82) is 0 Å². The van der Waals surface area contributed by atoms with E-state index in [1.807, 2.05) is 0 Å². The fraction of sp³-hybridized carbons (Fsp3) is 0.688. The first-order valence-electron chi connectivity index (χ1n) is 6.90. The molecule has 2 N–H and O–H groups in total. The predicted molar refractivity (Wildman–Crippen MR) is 75.5 cm³/mol. The summed E-state index contributed by atoms with van der Waals surface area (Å²) in [7, 11) is 4.08. The summed E-state index contributed by atoms with van der Waals surface area (Å²) >= 11 is 0. The van der Waals surface area contributed by atoms with Gasteiger partial charge in [-0.2, -0.15) is 7.05 Å². The van der Waals surface area contributed by atoms with Crippen LogP contribution in [0.1, 0.15) is 59.8 Å². The van der Waals surface area contributed by atoms with Gasteiger partial charge in [0.25, 0.3) is 0 Å². The molecule has 1 aliphatic rings. The van der Waals surface area contributed by atoms with Crippen molar-refractivity contribution in [3.05, 3.63) is 30.3 Å². The highest BCUT2D eigenvalue weighted by molar-refractivity contribution is 5.06. The van der Waals surface area contributed by atoms with Gasteiger partial charge in [-0.15, -0.1) is 0 Å². The topological polar surface area (TPSA) is 16.6 Å². The molecule has 0 saturated heterocycles. The van der Waals surface area contributed by atoms with Crippen LogP contribution in [0.2, 0.25) is 0 Å². The number of hydrogen-bond acceptors (Lipinski definition) is 0. The number of rotatable bonds is 5. The average Bonchev–Trinajstić information content (AvgIpc) is 2.29. The highest BCUT2D eigenvalue weighted by atomic mass is 14.9. The first-order chi connectivity index (χ1) is 7.98. The first kappa shape index (κ1) is 14.5. The van der Waals surface area contributed by atoms with Crippen molar-refractivity contribution in [2.24, 2.45) is 5.92 Å². The van der Waals surface area contributed by atoms with E-state index in [1.54, 1.807) is 5.57 Å². The molecular weight excluding hydrogens is 206 g/mol. The van der Waals surface area contributed by atoms with Crippen molar-refractivity contribution in [1.82, 2.24) is 0 Å². The van der Waals surface area contributed by atoms with E-state index in [9.17, 15) is 0 Å². The molecule has 0 heterocycles. The third kappa shape index (κ3) is 4.31. The van der Waals surface area contributed by atoms with E-state index in [-0.39, 0.29) is 0 Å². The van der Waals surface area contributed by atoms with Crippen LogP contribution < -0.4 is 5.32 Å². The minimum absolute atomic E-state index is 0.309. The fourth-order valence-corrected chi connectivity index (χ4v) is 2.71. The summed E-state index contributed by atoms with van der Waals surface area (Å²) in [6.45, 7) is 9.00. The molecule has 17 heavy (non-hydrogen) atoms. The summed E-state index contributed by atoms with van der Waals surface area (Å²) in [5.74, 6) is 0.786. The molecule has 1 nitrogen and oxygen atoms in total. The van der Waals surface area contributed by atoms with Gasteiger partial charge in [-0.25, -0.2) is 0 Å². The Hall–Kier alpha value is -0.560. The Morgan fingerprint density at radius 1 is 1.59 bits per heavy atom. The van der Waals surface area contributed by atoms with Crippen LogP contribution in [0.25, 0.3) is 0 Å². The number of allylic oxidation sites excluding steroid dienone is 4. The lowest BCUT2D eigenvalue weighted by Crippen LogP contribution is -2.92. The van der Waals surface area contributed by atoms with Gasteiger partial charge >= 0.3 is 0 Å². The zero-order valence-corrected chi connectivity index (χ0v) is 12.1. The van der Waals surface area contributed by atoms with Gasteiger partial charge in [0.15, 0.2) is 0 Å². The summed E-state index contributed by atoms with van der Waals surface area (Å²) in [6.07, 6.45) is 11.0. The van der Waals surface area contributed by atoms with E-state index >= 15 is 0 Å². The van der Waals surface area contributed by atoms with Crippen molar-refractivity contribution >= 4 is 0 Å². The predicted octanol–water partition coefficient (Wildman–Crippen LogP) is 3.59. The zero-order valence-electron chi connectivity index (χ0n) is 12.1. The highest BCUT2D eigenvalue weighted by Gasteiger charge is 2.34. The van der Waals surface area contributed by atoms with Gasteiger partial charge in [0.2, 0.25) is 0 Å². The molecular formula is C16H29N. The fourth-order valence-electron chi connectivity index (χ4n) is 2.71. The Morgan fingerprint density at radius 3 is 2.76 bits per heavy atom. The van der Waals surface area contributed by atoms with E-state index < -0.39 is 0 Å². The van der Waals surface area contributed by atoms with Gasteiger partial charge < -0.3 is 5.32 Å².